The number of hydrogen-bond acceptors (Lipinski definition) is 4. The molecule has 1 N–H and O–H groups in total. The maximum Gasteiger partial charge on any atom is 0.223 e. The molecule has 1 heterocycles. The lowest BCUT2D eigenvalue weighted by Gasteiger charge is -2.44. The molecule has 0 bridgehead atoms. The maximum absolute atomic E-state index is 11.9. The average Bonchev–Trinajstić information content (AvgIpc) is 2.41. The van der Waals surface area contributed by atoms with E-state index in [4.69, 9.17) is 9.47 Å². The molecule has 0 unspecified atom stereocenters. The fourth-order valence-corrected chi connectivity index (χ4v) is 2.40. The Kier molecular flexibility index (Phi) is 4.18. The molecule has 1 aliphatic rings. The lowest BCUT2D eigenvalue weighted by atomic mass is 9.96. The normalized spacial score (nSPS) is 16.5. The van der Waals surface area contributed by atoms with E-state index in [0.29, 0.717) is 37.4 Å². The van der Waals surface area contributed by atoms with Crippen molar-refractivity contribution in [2.24, 2.45) is 0 Å². The van der Waals surface area contributed by atoms with Gasteiger partial charge in [-0.3, -0.25) is 4.79 Å². The van der Waals surface area contributed by atoms with Crippen LogP contribution in [0.25, 0.3) is 0 Å². The van der Waals surface area contributed by atoms with E-state index in [1.807, 2.05) is 18.2 Å². The smallest absolute Gasteiger partial charge is 0.223 e. The molecule has 110 valence electrons. The van der Waals surface area contributed by atoms with Gasteiger partial charge in [0, 0.05) is 6.42 Å². The second-order valence-electron chi connectivity index (χ2n) is 5.44. The van der Waals surface area contributed by atoms with Gasteiger partial charge >= 0.3 is 0 Å². The van der Waals surface area contributed by atoms with Gasteiger partial charge in [-0.25, -0.2) is 0 Å². The molecular weight excluding hydrogens is 258 g/mol. The van der Waals surface area contributed by atoms with Crippen LogP contribution in [0.1, 0.15) is 18.9 Å². The van der Waals surface area contributed by atoms with Crippen LogP contribution < -0.4 is 9.47 Å². The van der Waals surface area contributed by atoms with Gasteiger partial charge in [-0.2, -0.15) is 0 Å². The number of rotatable bonds is 5. The predicted molar refractivity (Wildman–Crippen MR) is 75.1 cm³/mol. The number of benzene rings is 1. The van der Waals surface area contributed by atoms with Crippen molar-refractivity contribution >= 4 is 5.91 Å². The van der Waals surface area contributed by atoms with Gasteiger partial charge in [-0.05, 0) is 31.0 Å². The average molecular weight is 279 g/mol. The van der Waals surface area contributed by atoms with Crippen molar-refractivity contribution in [2.45, 2.75) is 25.4 Å². The molecule has 0 aliphatic carbocycles. The molecule has 0 atom stereocenters. The summed E-state index contributed by atoms with van der Waals surface area (Å²) < 4.78 is 10.4. The number of likely N-dealkylation sites (tertiary alicyclic amines) is 1. The third kappa shape index (κ3) is 3.22. The molecule has 5 heteroatoms. The standard InChI is InChI=1S/C15H21NO4/c1-15(18)9-16(10-15)14(17)7-5-11-4-6-12(19-2)13(8-11)20-3/h4,6,8,18H,5,7,9-10H2,1-3H3. The highest BCUT2D eigenvalue weighted by molar-refractivity contribution is 5.77. The summed E-state index contributed by atoms with van der Waals surface area (Å²) in [6.07, 6.45) is 1.09. The number of amides is 1. The van der Waals surface area contributed by atoms with Crippen molar-refractivity contribution in [2.75, 3.05) is 27.3 Å². The SMILES string of the molecule is COc1ccc(CCC(=O)N2CC(C)(O)C2)cc1OC. The third-order valence-electron chi connectivity index (χ3n) is 3.49. The van der Waals surface area contributed by atoms with E-state index in [1.54, 1.807) is 26.0 Å². The van der Waals surface area contributed by atoms with Crippen LogP contribution in [-0.4, -0.2) is 48.8 Å². The maximum atomic E-state index is 11.9. The van der Waals surface area contributed by atoms with Crippen LogP contribution in [0.15, 0.2) is 18.2 Å². The highest BCUT2D eigenvalue weighted by Gasteiger charge is 2.38. The Balaban J connectivity index is 1.89. The minimum atomic E-state index is -0.709. The summed E-state index contributed by atoms with van der Waals surface area (Å²) >= 11 is 0. The number of aliphatic hydroxyl groups is 1. The Hall–Kier alpha value is -1.75. The molecule has 1 amide bonds. The van der Waals surface area contributed by atoms with E-state index in [2.05, 4.69) is 0 Å². The van der Waals surface area contributed by atoms with E-state index in [0.717, 1.165) is 5.56 Å². The van der Waals surface area contributed by atoms with Gasteiger partial charge in [-0.15, -0.1) is 0 Å². The monoisotopic (exact) mass is 279 g/mol. The van der Waals surface area contributed by atoms with Crippen LogP contribution in [0.5, 0.6) is 11.5 Å². The van der Waals surface area contributed by atoms with Gasteiger partial charge in [0.15, 0.2) is 11.5 Å². The quantitative estimate of drug-likeness (QED) is 0.880. The Morgan fingerprint density at radius 3 is 2.50 bits per heavy atom. The summed E-state index contributed by atoms with van der Waals surface area (Å²) in [5.41, 5.74) is 0.321. The lowest BCUT2D eigenvalue weighted by Crippen LogP contribution is -2.61. The fourth-order valence-electron chi connectivity index (χ4n) is 2.40. The lowest BCUT2D eigenvalue weighted by molar-refractivity contribution is -0.152. The minimum absolute atomic E-state index is 0.0753. The van der Waals surface area contributed by atoms with Gasteiger partial charge in [0.1, 0.15) is 0 Å². The third-order valence-corrected chi connectivity index (χ3v) is 3.49. The molecule has 0 radical (unpaired) electrons. The Morgan fingerprint density at radius 1 is 1.30 bits per heavy atom. The number of hydrogen-bond donors (Lipinski definition) is 1. The van der Waals surface area contributed by atoms with Gasteiger partial charge in [0.2, 0.25) is 5.91 Å². The van der Waals surface area contributed by atoms with Crippen molar-refractivity contribution in [3.63, 3.8) is 0 Å². The van der Waals surface area contributed by atoms with E-state index < -0.39 is 5.60 Å². The van der Waals surface area contributed by atoms with Crippen LogP contribution >= 0.6 is 0 Å². The zero-order valence-corrected chi connectivity index (χ0v) is 12.2. The van der Waals surface area contributed by atoms with Gasteiger partial charge in [0.05, 0.1) is 32.9 Å². The van der Waals surface area contributed by atoms with Crippen LogP contribution in [0.4, 0.5) is 0 Å². The Morgan fingerprint density at radius 2 is 1.95 bits per heavy atom. The first kappa shape index (κ1) is 14.7. The summed E-state index contributed by atoms with van der Waals surface area (Å²) in [4.78, 5) is 13.6. The molecular formula is C15H21NO4. The fraction of sp³-hybridized carbons (Fsp3) is 0.533. The molecule has 20 heavy (non-hydrogen) atoms. The van der Waals surface area contributed by atoms with Gasteiger partial charge in [0.25, 0.3) is 0 Å². The number of nitrogens with zero attached hydrogens (tertiary/aromatic N) is 1. The molecule has 0 aromatic heterocycles. The van der Waals surface area contributed by atoms with Crippen molar-refractivity contribution in [1.29, 1.82) is 0 Å². The topological polar surface area (TPSA) is 59.0 Å². The van der Waals surface area contributed by atoms with E-state index >= 15 is 0 Å². The summed E-state index contributed by atoms with van der Waals surface area (Å²) in [6, 6.07) is 5.66. The van der Waals surface area contributed by atoms with Crippen molar-refractivity contribution in [1.82, 2.24) is 4.90 Å². The number of aryl methyl sites for hydroxylation is 1. The van der Waals surface area contributed by atoms with Crippen molar-refractivity contribution in [3.8, 4) is 11.5 Å². The molecule has 0 saturated carbocycles. The molecule has 1 aromatic rings. The summed E-state index contributed by atoms with van der Waals surface area (Å²) in [5.74, 6) is 1.43. The van der Waals surface area contributed by atoms with Crippen LogP contribution in [0.2, 0.25) is 0 Å². The van der Waals surface area contributed by atoms with Crippen LogP contribution in [-0.2, 0) is 11.2 Å². The number of methoxy groups -OCH3 is 2. The molecule has 1 aromatic carbocycles. The first-order chi connectivity index (χ1) is 9.45. The zero-order valence-electron chi connectivity index (χ0n) is 12.2. The minimum Gasteiger partial charge on any atom is -0.493 e. The zero-order chi connectivity index (χ0) is 14.8. The van der Waals surface area contributed by atoms with Crippen molar-refractivity contribution in [3.05, 3.63) is 23.8 Å². The molecule has 0 spiro atoms. The predicted octanol–water partition coefficient (Wildman–Crippen LogP) is 1.23. The Bertz CT molecular complexity index is 491. The summed E-state index contributed by atoms with van der Waals surface area (Å²) in [6.45, 7) is 2.60. The van der Waals surface area contributed by atoms with Gasteiger partial charge < -0.3 is 19.5 Å². The molecule has 5 nitrogen and oxygen atoms in total. The number of carbonyl (C=O) groups excluding carboxylic acids is 1. The largest absolute Gasteiger partial charge is 0.493 e. The van der Waals surface area contributed by atoms with E-state index in [1.165, 1.54) is 0 Å². The molecule has 2 rings (SSSR count). The summed E-state index contributed by atoms with van der Waals surface area (Å²) in [7, 11) is 3.19. The van der Waals surface area contributed by atoms with Crippen LogP contribution in [0, 0.1) is 0 Å². The summed E-state index contributed by atoms with van der Waals surface area (Å²) in [5, 5.41) is 9.62. The van der Waals surface area contributed by atoms with E-state index in [-0.39, 0.29) is 5.91 Å². The molecule has 1 saturated heterocycles. The molecule has 1 fully saturated rings. The van der Waals surface area contributed by atoms with Gasteiger partial charge in [-0.1, -0.05) is 6.07 Å². The number of ether oxygens (including phenoxy) is 2. The van der Waals surface area contributed by atoms with Crippen LogP contribution in [0.3, 0.4) is 0 Å². The van der Waals surface area contributed by atoms with E-state index in [9.17, 15) is 9.90 Å². The van der Waals surface area contributed by atoms with Crippen molar-refractivity contribution < 1.29 is 19.4 Å². The first-order valence-corrected chi connectivity index (χ1v) is 6.66. The first-order valence-electron chi connectivity index (χ1n) is 6.66. The Labute approximate surface area is 119 Å². The highest BCUT2D eigenvalue weighted by atomic mass is 16.5. The number of carbonyl (C=O) groups is 1. The number of β-amino-alcohol motifs (C(OH)–C–C–N with tert-alkyl or cyclic N) is 1. The second-order valence-corrected chi connectivity index (χ2v) is 5.44. The second kappa shape index (κ2) is 5.71. The molecule has 1 aliphatic heterocycles. The highest BCUT2D eigenvalue weighted by Crippen LogP contribution is 2.28.